The summed E-state index contributed by atoms with van der Waals surface area (Å²) < 4.78 is 31.1. The summed E-state index contributed by atoms with van der Waals surface area (Å²) in [5.41, 5.74) is 2.18. The van der Waals surface area contributed by atoms with Crippen LogP contribution in [-0.2, 0) is 9.84 Å². The average Bonchev–Trinajstić information content (AvgIpc) is 2.69. The number of hydrogen-bond donors (Lipinski definition) is 0. The summed E-state index contributed by atoms with van der Waals surface area (Å²) in [4.78, 5) is 1.56. The maximum absolute atomic E-state index is 12.6. The number of ether oxygens (including phenoxy) is 1. The van der Waals surface area contributed by atoms with Crippen LogP contribution in [0.2, 0.25) is 0 Å². The lowest BCUT2D eigenvalue weighted by atomic mass is 10.2. The molecule has 0 unspecified atom stereocenters. The molecule has 0 N–H and O–H groups in total. The van der Waals surface area contributed by atoms with Crippen molar-refractivity contribution in [2.24, 2.45) is 0 Å². The molecule has 0 fully saturated rings. The van der Waals surface area contributed by atoms with Gasteiger partial charge in [0.05, 0.1) is 10.6 Å². The van der Waals surface area contributed by atoms with E-state index in [1.54, 1.807) is 41.3 Å². The van der Waals surface area contributed by atoms with Gasteiger partial charge in [0.25, 0.3) is 0 Å². The zero-order valence-electron chi connectivity index (χ0n) is 15.0. The van der Waals surface area contributed by atoms with Gasteiger partial charge in [-0.05, 0) is 61.0 Å². The Hall–Kier alpha value is -3.56. The second kappa shape index (κ2) is 6.87. The van der Waals surface area contributed by atoms with Crippen LogP contribution < -0.4 is 9.64 Å². The van der Waals surface area contributed by atoms with Crippen molar-refractivity contribution in [3.8, 4) is 17.6 Å². The molecule has 0 amide bonds. The molecule has 0 spiro atoms. The number of hydrogen-bond acceptors (Lipinski definition) is 5. The molecule has 0 bridgehead atoms. The van der Waals surface area contributed by atoms with E-state index in [9.17, 15) is 13.7 Å². The largest absolute Gasteiger partial charge is 0.457 e. The van der Waals surface area contributed by atoms with E-state index in [1.807, 2.05) is 49.4 Å². The lowest BCUT2D eigenvalue weighted by Gasteiger charge is -2.28. The SMILES string of the molecule is Cc1ccc2c(c1)N(c1ccc(Oc3ccccc3)cc1)C=C(C#N)S2(=O)=O. The van der Waals surface area contributed by atoms with Crippen molar-refractivity contribution in [2.45, 2.75) is 11.8 Å². The predicted octanol–water partition coefficient (Wildman–Crippen LogP) is 5.08. The summed E-state index contributed by atoms with van der Waals surface area (Å²) in [5, 5.41) is 9.34. The van der Waals surface area contributed by atoms with Crippen molar-refractivity contribution in [3.05, 3.63) is 89.5 Å². The van der Waals surface area contributed by atoms with Gasteiger partial charge in [0.15, 0.2) is 4.91 Å². The lowest BCUT2D eigenvalue weighted by Crippen LogP contribution is -2.21. The minimum atomic E-state index is -3.81. The third-order valence-corrected chi connectivity index (χ3v) is 6.10. The Morgan fingerprint density at radius 2 is 1.61 bits per heavy atom. The van der Waals surface area contributed by atoms with E-state index in [-0.39, 0.29) is 9.80 Å². The number of nitrogens with zero attached hydrogens (tertiary/aromatic N) is 2. The molecule has 138 valence electrons. The third-order valence-electron chi connectivity index (χ3n) is 4.40. The van der Waals surface area contributed by atoms with Crippen LogP contribution in [0.5, 0.6) is 11.5 Å². The van der Waals surface area contributed by atoms with Crippen molar-refractivity contribution >= 4 is 21.2 Å². The van der Waals surface area contributed by atoms with E-state index in [0.29, 0.717) is 11.4 Å². The maximum atomic E-state index is 12.6. The lowest BCUT2D eigenvalue weighted by molar-refractivity contribution is 0.483. The van der Waals surface area contributed by atoms with E-state index in [1.165, 1.54) is 6.20 Å². The number of rotatable bonds is 3. The summed E-state index contributed by atoms with van der Waals surface area (Å²) in [6, 6.07) is 23.6. The molecule has 5 nitrogen and oxygen atoms in total. The van der Waals surface area contributed by atoms with Gasteiger partial charge in [-0.3, -0.25) is 0 Å². The van der Waals surface area contributed by atoms with E-state index < -0.39 is 9.84 Å². The Balaban J connectivity index is 1.74. The molecule has 3 aromatic carbocycles. The first-order chi connectivity index (χ1) is 13.5. The highest BCUT2D eigenvalue weighted by molar-refractivity contribution is 7.95. The molecule has 4 rings (SSSR count). The highest BCUT2D eigenvalue weighted by Crippen LogP contribution is 2.40. The van der Waals surface area contributed by atoms with Gasteiger partial charge in [0, 0.05) is 11.9 Å². The van der Waals surface area contributed by atoms with Crippen molar-refractivity contribution in [1.82, 2.24) is 0 Å². The summed E-state index contributed by atoms with van der Waals surface area (Å²) in [6.07, 6.45) is 1.37. The van der Waals surface area contributed by atoms with Crippen LogP contribution in [0.15, 0.2) is 88.8 Å². The topological polar surface area (TPSA) is 70.4 Å². The first kappa shape index (κ1) is 17.8. The fourth-order valence-corrected chi connectivity index (χ4v) is 4.30. The van der Waals surface area contributed by atoms with Gasteiger partial charge in [-0.25, -0.2) is 8.42 Å². The molecule has 0 radical (unpaired) electrons. The fraction of sp³-hybridized carbons (Fsp3) is 0.0455. The van der Waals surface area contributed by atoms with Crippen molar-refractivity contribution in [3.63, 3.8) is 0 Å². The summed E-state index contributed by atoms with van der Waals surface area (Å²) in [6.45, 7) is 1.89. The number of allylic oxidation sites excluding steroid dienone is 1. The van der Waals surface area contributed by atoms with E-state index in [0.717, 1.165) is 17.0 Å². The molecule has 0 aliphatic carbocycles. The molecular weight excluding hydrogens is 372 g/mol. The number of aryl methyl sites for hydroxylation is 1. The Labute approximate surface area is 163 Å². The number of sulfone groups is 1. The first-order valence-corrected chi connectivity index (χ1v) is 10.1. The van der Waals surface area contributed by atoms with Crippen LogP contribution in [0.3, 0.4) is 0 Å². The van der Waals surface area contributed by atoms with Gasteiger partial charge < -0.3 is 9.64 Å². The molecule has 0 saturated heterocycles. The van der Waals surface area contributed by atoms with E-state index >= 15 is 0 Å². The molecule has 1 aliphatic heterocycles. The van der Waals surface area contributed by atoms with Gasteiger partial charge in [0.2, 0.25) is 9.84 Å². The predicted molar refractivity (Wildman–Crippen MR) is 107 cm³/mol. The van der Waals surface area contributed by atoms with E-state index in [2.05, 4.69) is 0 Å². The number of benzene rings is 3. The van der Waals surface area contributed by atoms with Crippen LogP contribution in [0.25, 0.3) is 0 Å². The van der Waals surface area contributed by atoms with Crippen LogP contribution >= 0.6 is 0 Å². The molecule has 3 aromatic rings. The Bertz CT molecular complexity index is 1210. The zero-order chi connectivity index (χ0) is 19.7. The van der Waals surface area contributed by atoms with Gasteiger partial charge >= 0.3 is 0 Å². The Morgan fingerprint density at radius 1 is 0.929 bits per heavy atom. The molecular formula is C22H16N2O3S. The monoisotopic (exact) mass is 388 g/mol. The fourth-order valence-electron chi connectivity index (χ4n) is 3.02. The number of nitriles is 1. The van der Waals surface area contributed by atoms with Gasteiger partial charge in [-0.15, -0.1) is 0 Å². The van der Waals surface area contributed by atoms with Gasteiger partial charge in [-0.1, -0.05) is 24.3 Å². The summed E-state index contributed by atoms with van der Waals surface area (Å²) in [7, 11) is -3.81. The maximum Gasteiger partial charge on any atom is 0.220 e. The first-order valence-electron chi connectivity index (χ1n) is 8.59. The highest BCUT2D eigenvalue weighted by Gasteiger charge is 2.32. The second-order valence-corrected chi connectivity index (χ2v) is 8.25. The normalized spacial score (nSPS) is 14.6. The van der Waals surface area contributed by atoms with E-state index in [4.69, 9.17) is 4.74 Å². The molecule has 0 atom stereocenters. The molecule has 0 aromatic heterocycles. The number of para-hydroxylation sites is 1. The standard InChI is InChI=1S/C22H16N2O3S/c1-16-7-12-22-21(13-16)24(15-20(14-23)28(22,25)26)17-8-10-19(11-9-17)27-18-5-3-2-4-6-18/h2-13,15H,1H3. The highest BCUT2D eigenvalue weighted by atomic mass is 32.2. The van der Waals surface area contributed by atoms with Crippen molar-refractivity contribution < 1.29 is 13.2 Å². The van der Waals surface area contributed by atoms with Gasteiger partial charge in [0.1, 0.15) is 17.6 Å². The average molecular weight is 388 g/mol. The minimum absolute atomic E-state index is 0.127. The van der Waals surface area contributed by atoms with Crippen molar-refractivity contribution in [2.75, 3.05) is 4.90 Å². The molecule has 1 heterocycles. The van der Waals surface area contributed by atoms with Crippen LogP contribution in [-0.4, -0.2) is 8.42 Å². The zero-order valence-corrected chi connectivity index (χ0v) is 15.8. The van der Waals surface area contributed by atoms with Gasteiger partial charge in [-0.2, -0.15) is 5.26 Å². The summed E-state index contributed by atoms with van der Waals surface area (Å²) in [5.74, 6) is 1.39. The van der Waals surface area contributed by atoms with Crippen LogP contribution in [0.1, 0.15) is 5.56 Å². The smallest absolute Gasteiger partial charge is 0.220 e. The minimum Gasteiger partial charge on any atom is -0.457 e. The third kappa shape index (κ3) is 3.13. The van der Waals surface area contributed by atoms with Crippen molar-refractivity contribution in [1.29, 1.82) is 5.26 Å². The Kier molecular flexibility index (Phi) is 4.38. The molecule has 0 saturated carbocycles. The molecule has 1 aliphatic rings. The quantitative estimate of drug-likeness (QED) is 0.626. The number of fused-ring (bicyclic) bond motifs is 1. The van der Waals surface area contributed by atoms with Crippen LogP contribution in [0.4, 0.5) is 11.4 Å². The van der Waals surface area contributed by atoms with Crippen LogP contribution in [0, 0.1) is 18.3 Å². The Morgan fingerprint density at radius 3 is 2.29 bits per heavy atom. The number of anilines is 2. The summed E-state index contributed by atoms with van der Waals surface area (Å²) >= 11 is 0. The second-order valence-electron chi connectivity index (χ2n) is 6.36. The molecule has 6 heteroatoms. The molecule has 28 heavy (non-hydrogen) atoms.